The average molecular weight is 386 g/mol. The standard InChI is InChI=1S/C20H17F3N4O/c1-13(14-5-3-2-4-6-14)26-19(28)17-11-18(25-12-24-17)27-16-9-7-15(8-10-16)20(21,22)23/h2-13H,1H3,(H,26,28)(H,24,25,27). The number of nitrogens with zero attached hydrogens (tertiary/aromatic N) is 2. The highest BCUT2D eigenvalue weighted by Crippen LogP contribution is 2.30. The van der Waals surface area contributed by atoms with Gasteiger partial charge in [0.1, 0.15) is 17.8 Å². The van der Waals surface area contributed by atoms with Crippen molar-refractivity contribution < 1.29 is 18.0 Å². The van der Waals surface area contributed by atoms with Crippen molar-refractivity contribution in [3.8, 4) is 0 Å². The fourth-order valence-electron chi connectivity index (χ4n) is 2.54. The third-order valence-corrected chi connectivity index (χ3v) is 4.03. The van der Waals surface area contributed by atoms with Crippen molar-refractivity contribution in [3.05, 3.63) is 83.8 Å². The van der Waals surface area contributed by atoms with Crippen LogP contribution in [0.1, 0.15) is 34.6 Å². The summed E-state index contributed by atoms with van der Waals surface area (Å²) in [4.78, 5) is 20.4. The average Bonchev–Trinajstić information content (AvgIpc) is 2.68. The van der Waals surface area contributed by atoms with Gasteiger partial charge in [-0.3, -0.25) is 4.79 Å². The summed E-state index contributed by atoms with van der Waals surface area (Å²) in [6.07, 6.45) is -3.18. The lowest BCUT2D eigenvalue weighted by Crippen LogP contribution is -2.27. The molecule has 0 aliphatic rings. The van der Waals surface area contributed by atoms with Crippen LogP contribution in [0.25, 0.3) is 0 Å². The Labute approximate surface area is 159 Å². The SMILES string of the molecule is CC(NC(=O)c1cc(Nc2ccc(C(F)(F)F)cc2)ncn1)c1ccccc1. The Bertz CT molecular complexity index is 944. The predicted molar refractivity (Wildman–Crippen MR) is 99.1 cm³/mol. The number of aromatic nitrogens is 2. The molecular weight excluding hydrogens is 369 g/mol. The van der Waals surface area contributed by atoms with Crippen LogP contribution in [0, 0.1) is 0 Å². The van der Waals surface area contributed by atoms with E-state index >= 15 is 0 Å². The summed E-state index contributed by atoms with van der Waals surface area (Å²) >= 11 is 0. The number of halogens is 3. The van der Waals surface area contributed by atoms with E-state index in [0.29, 0.717) is 11.5 Å². The van der Waals surface area contributed by atoms with E-state index < -0.39 is 11.7 Å². The van der Waals surface area contributed by atoms with E-state index in [-0.39, 0.29) is 17.6 Å². The minimum Gasteiger partial charge on any atom is -0.344 e. The quantitative estimate of drug-likeness (QED) is 0.665. The molecule has 1 aromatic heterocycles. The van der Waals surface area contributed by atoms with Gasteiger partial charge in [-0.15, -0.1) is 0 Å². The number of nitrogens with one attached hydrogen (secondary N) is 2. The van der Waals surface area contributed by atoms with Gasteiger partial charge in [-0.25, -0.2) is 9.97 Å². The van der Waals surface area contributed by atoms with Crippen LogP contribution in [0.2, 0.25) is 0 Å². The van der Waals surface area contributed by atoms with Crippen molar-refractivity contribution in [2.45, 2.75) is 19.1 Å². The zero-order chi connectivity index (χ0) is 20.1. The van der Waals surface area contributed by atoms with Crippen LogP contribution >= 0.6 is 0 Å². The van der Waals surface area contributed by atoms with Gasteiger partial charge in [-0.1, -0.05) is 30.3 Å². The van der Waals surface area contributed by atoms with E-state index in [4.69, 9.17) is 0 Å². The number of hydrogen-bond donors (Lipinski definition) is 2. The third kappa shape index (κ3) is 4.85. The highest BCUT2D eigenvalue weighted by Gasteiger charge is 2.29. The number of carbonyl (C=O) groups excluding carboxylic acids is 1. The molecule has 0 spiro atoms. The normalized spacial score (nSPS) is 12.3. The van der Waals surface area contributed by atoms with Crippen LogP contribution in [0.15, 0.2) is 67.0 Å². The molecule has 3 aromatic rings. The van der Waals surface area contributed by atoms with Gasteiger partial charge in [0.25, 0.3) is 5.91 Å². The van der Waals surface area contributed by atoms with Gasteiger partial charge in [0.05, 0.1) is 11.6 Å². The molecule has 144 valence electrons. The molecule has 1 atom stereocenters. The summed E-state index contributed by atoms with van der Waals surface area (Å²) in [5.41, 5.74) is 0.770. The second kappa shape index (κ2) is 8.08. The van der Waals surface area contributed by atoms with Crippen molar-refractivity contribution in [2.24, 2.45) is 0 Å². The van der Waals surface area contributed by atoms with E-state index in [0.717, 1.165) is 17.7 Å². The van der Waals surface area contributed by atoms with Gasteiger partial charge in [-0.05, 0) is 36.8 Å². The first-order valence-corrected chi connectivity index (χ1v) is 8.45. The molecule has 1 heterocycles. The number of rotatable bonds is 5. The molecule has 0 aliphatic heterocycles. The molecule has 0 radical (unpaired) electrons. The molecule has 0 fully saturated rings. The van der Waals surface area contributed by atoms with Gasteiger partial charge in [-0.2, -0.15) is 13.2 Å². The van der Waals surface area contributed by atoms with E-state index in [2.05, 4.69) is 20.6 Å². The number of alkyl halides is 3. The zero-order valence-electron chi connectivity index (χ0n) is 14.9. The first-order chi connectivity index (χ1) is 13.3. The second-order valence-corrected chi connectivity index (χ2v) is 6.09. The molecule has 8 heteroatoms. The largest absolute Gasteiger partial charge is 0.416 e. The lowest BCUT2D eigenvalue weighted by atomic mass is 10.1. The van der Waals surface area contributed by atoms with Crippen molar-refractivity contribution >= 4 is 17.4 Å². The maximum absolute atomic E-state index is 12.6. The first-order valence-electron chi connectivity index (χ1n) is 8.45. The summed E-state index contributed by atoms with van der Waals surface area (Å²) in [7, 11) is 0. The Morgan fingerprint density at radius 3 is 2.32 bits per heavy atom. The third-order valence-electron chi connectivity index (χ3n) is 4.03. The molecule has 3 rings (SSSR count). The highest BCUT2D eigenvalue weighted by molar-refractivity contribution is 5.93. The molecular formula is C20H17F3N4O. The van der Waals surface area contributed by atoms with Gasteiger partial charge >= 0.3 is 6.18 Å². The Kier molecular flexibility index (Phi) is 5.58. The lowest BCUT2D eigenvalue weighted by molar-refractivity contribution is -0.137. The van der Waals surface area contributed by atoms with E-state index in [1.54, 1.807) is 0 Å². The van der Waals surface area contributed by atoms with Crippen LogP contribution in [-0.4, -0.2) is 15.9 Å². The number of carbonyl (C=O) groups is 1. The minimum absolute atomic E-state index is 0.146. The summed E-state index contributed by atoms with van der Waals surface area (Å²) < 4.78 is 37.9. The Hall–Kier alpha value is -3.42. The maximum atomic E-state index is 12.6. The fourth-order valence-corrected chi connectivity index (χ4v) is 2.54. The highest BCUT2D eigenvalue weighted by atomic mass is 19.4. The fraction of sp³-hybridized carbons (Fsp3) is 0.150. The number of anilines is 2. The van der Waals surface area contributed by atoms with Crippen molar-refractivity contribution in [2.75, 3.05) is 5.32 Å². The maximum Gasteiger partial charge on any atom is 0.416 e. The zero-order valence-corrected chi connectivity index (χ0v) is 14.9. The molecule has 5 nitrogen and oxygen atoms in total. The molecule has 1 unspecified atom stereocenters. The van der Waals surface area contributed by atoms with Crippen LogP contribution < -0.4 is 10.6 Å². The summed E-state index contributed by atoms with van der Waals surface area (Å²) in [6, 6.07) is 15.2. The Morgan fingerprint density at radius 1 is 1.00 bits per heavy atom. The van der Waals surface area contributed by atoms with Crippen molar-refractivity contribution in [1.82, 2.24) is 15.3 Å². The van der Waals surface area contributed by atoms with E-state index in [1.807, 2.05) is 37.3 Å². The summed E-state index contributed by atoms with van der Waals surface area (Å²) in [6.45, 7) is 1.86. The van der Waals surface area contributed by atoms with Crippen molar-refractivity contribution in [1.29, 1.82) is 0 Å². The predicted octanol–water partition coefficient (Wildman–Crippen LogP) is 4.73. The topological polar surface area (TPSA) is 66.9 Å². The smallest absolute Gasteiger partial charge is 0.344 e. The van der Waals surface area contributed by atoms with Gasteiger partial charge < -0.3 is 10.6 Å². The molecule has 0 saturated carbocycles. The summed E-state index contributed by atoms with van der Waals surface area (Å²) in [5, 5.41) is 5.71. The number of amides is 1. The second-order valence-electron chi connectivity index (χ2n) is 6.09. The molecule has 1 amide bonds. The van der Waals surface area contributed by atoms with Crippen LogP contribution in [-0.2, 0) is 6.18 Å². The molecule has 2 N–H and O–H groups in total. The molecule has 0 aliphatic carbocycles. The van der Waals surface area contributed by atoms with Gasteiger partial charge in [0.2, 0.25) is 0 Å². The lowest BCUT2D eigenvalue weighted by Gasteiger charge is -2.14. The van der Waals surface area contributed by atoms with Gasteiger partial charge in [0.15, 0.2) is 0 Å². The molecule has 0 bridgehead atoms. The number of hydrogen-bond acceptors (Lipinski definition) is 4. The molecule has 2 aromatic carbocycles. The van der Waals surface area contributed by atoms with E-state index in [9.17, 15) is 18.0 Å². The van der Waals surface area contributed by atoms with Gasteiger partial charge in [0, 0.05) is 11.8 Å². The van der Waals surface area contributed by atoms with Crippen LogP contribution in [0.4, 0.5) is 24.7 Å². The molecule has 28 heavy (non-hydrogen) atoms. The van der Waals surface area contributed by atoms with E-state index in [1.165, 1.54) is 24.5 Å². The van der Waals surface area contributed by atoms with Crippen molar-refractivity contribution in [3.63, 3.8) is 0 Å². The monoisotopic (exact) mass is 386 g/mol. The first kappa shape index (κ1) is 19.3. The minimum atomic E-state index is -4.39. The molecule has 0 saturated heterocycles. The van der Waals surface area contributed by atoms with Crippen LogP contribution in [0.3, 0.4) is 0 Å². The van der Waals surface area contributed by atoms with Crippen LogP contribution in [0.5, 0.6) is 0 Å². The number of benzene rings is 2. The Balaban J connectivity index is 1.69. The summed E-state index contributed by atoms with van der Waals surface area (Å²) in [5.74, 6) is -0.0819. The Morgan fingerprint density at radius 2 is 1.68 bits per heavy atom.